The first kappa shape index (κ1) is 16.3. The van der Waals surface area contributed by atoms with Crippen LogP contribution in [-0.4, -0.2) is 41.3 Å². The zero-order valence-electron chi connectivity index (χ0n) is 14.4. The van der Waals surface area contributed by atoms with E-state index in [1.807, 2.05) is 24.3 Å². The molecule has 2 amide bonds. The summed E-state index contributed by atoms with van der Waals surface area (Å²) in [6, 6.07) is 9.05. The summed E-state index contributed by atoms with van der Waals surface area (Å²) in [6.07, 6.45) is 7.58. The third-order valence-corrected chi connectivity index (χ3v) is 4.55. The predicted molar refractivity (Wildman–Crippen MR) is 102 cm³/mol. The Morgan fingerprint density at radius 1 is 1.08 bits per heavy atom. The van der Waals surface area contributed by atoms with Crippen LogP contribution in [0, 0.1) is 0 Å². The molecule has 0 radical (unpaired) electrons. The van der Waals surface area contributed by atoms with E-state index >= 15 is 0 Å². The van der Waals surface area contributed by atoms with E-state index in [1.165, 1.54) is 17.7 Å². The Bertz CT molecular complexity index is 853. The maximum absolute atomic E-state index is 12.1. The van der Waals surface area contributed by atoms with E-state index in [0.29, 0.717) is 23.8 Å². The molecule has 0 aliphatic carbocycles. The topological polar surface area (TPSA) is 87.7 Å². The average molecular weight is 348 g/mol. The van der Waals surface area contributed by atoms with Gasteiger partial charge in [-0.1, -0.05) is 6.07 Å². The summed E-state index contributed by atoms with van der Waals surface area (Å²) >= 11 is 0. The lowest BCUT2D eigenvalue weighted by atomic mass is 10.1. The third-order valence-electron chi connectivity index (χ3n) is 4.55. The van der Waals surface area contributed by atoms with Gasteiger partial charge in [0.25, 0.3) is 0 Å². The molecule has 132 valence electrons. The molecule has 4 rings (SSSR count). The van der Waals surface area contributed by atoms with Gasteiger partial charge in [0.05, 0.1) is 12.3 Å². The molecule has 7 heteroatoms. The quantitative estimate of drug-likeness (QED) is 0.917. The highest BCUT2D eigenvalue weighted by molar-refractivity contribution is 6.17. The number of hydrogen-bond acceptors (Lipinski definition) is 5. The van der Waals surface area contributed by atoms with Gasteiger partial charge in [0, 0.05) is 36.7 Å². The third kappa shape index (κ3) is 3.28. The van der Waals surface area contributed by atoms with E-state index in [4.69, 9.17) is 5.73 Å². The molecule has 0 saturated carbocycles. The van der Waals surface area contributed by atoms with Crippen molar-refractivity contribution in [2.45, 2.75) is 12.8 Å². The Balaban J connectivity index is 1.48. The lowest BCUT2D eigenvalue weighted by molar-refractivity contribution is 0.256. The first-order chi connectivity index (χ1) is 12.7. The molecule has 2 aliphatic rings. The van der Waals surface area contributed by atoms with Gasteiger partial charge in [-0.15, -0.1) is 0 Å². The molecular weight excluding hydrogens is 328 g/mol. The number of pyridine rings is 2. The summed E-state index contributed by atoms with van der Waals surface area (Å²) in [5, 5.41) is 0. The van der Waals surface area contributed by atoms with Gasteiger partial charge in [-0.3, -0.25) is 4.90 Å². The second kappa shape index (κ2) is 6.95. The molecule has 2 aromatic rings. The second-order valence-electron chi connectivity index (χ2n) is 6.36. The van der Waals surface area contributed by atoms with Crippen molar-refractivity contribution >= 4 is 29.1 Å². The normalized spacial score (nSPS) is 17.8. The lowest BCUT2D eigenvalue weighted by Crippen LogP contribution is -2.26. The van der Waals surface area contributed by atoms with Gasteiger partial charge in [0.1, 0.15) is 11.6 Å². The summed E-state index contributed by atoms with van der Waals surface area (Å²) in [4.78, 5) is 28.7. The second-order valence-corrected chi connectivity index (χ2v) is 6.36. The van der Waals surface area contributed by atoms with Gasteiger partial charge in [-0.05, 0) is 43.2 Å². The molecule has 2 aliphatic heterocycles. The van der Waals surface area contributed by atoms with E-state index in [2.05, 4.69) is 19.9 Å². The van der Waals surface area contributed by atoms with Gasteiger partial charge < -0.3 is 10.6 Å². The Morgan fingerprint density at radius 3 is 2.62 bits per heavy atom. The van der Waals surface area contributed by atoms with Crippen molar-refractivity contribution in [3.63, 3.8) is 0 Å². The highest BCUT2D eigenvalue weighted by Crippen LogP contribution is 2.20. The molecule has 0 aromatic carbocycles. The molecule has 0 unspecified atom stereocenters. The summed E-state index contributed by atoms with van der Waals surface area (Å²) in [6.45, 7) is 2.47. The van der Waals surface area contributed by atoms with E-state index in [0.717, 1.165) is 24.5 Å². The fourth-order valence-electron chi connectivity index (χ4n) is 3.17. The van der Waals surface area contributed by atoms with Crippen molar-refractivity contribution < 1.29 is 4.79 Å². The van der Waals surface area contributed by atoms with Crippen molar-refractivity contribution in [3.8, 4) is 0 Å². The highest BCUT2D eigenvalue weighted by atomic mass is 16.2. The van der Waals surface area contributed by atoms with Crippen LogP contribution in [0.4, 0.5) is 16.4 Å². The zero-order valence-corrected chi connectivity index (χ0v) is 14.4. The molecule has 1 fully saturated rings. The van der Waals surface area contributed by atoms with E-state index in [1.54, 1.807) is 24.5 Å². The number of amides is 2. The van der Waals surface area contributed by atoms with E-state index in [-0.39, 0.29) is 6.03 Å². The minimum Gasteiger partial charge on any atom is -0.398 e. The smallest absolute Gasteiger partial charge is 0.349 e. The van der Waals surface area contributed by atoms with Gasteiger partial charge in [-0.25, -0.2) is 14.8 Å². The molecule has 7 nitrogen and oxygen atoms in total. The fraction of sp³-hybridized carbons (Fsp3) is 0.263. The number of anilines is 2. The fourth-order valence-corrected chi connectivity index (χ4v) is 3.17. The molecule has 0 atom stereocenters. The van der Waals surface area contributed by atoms with Crippen LogP contribution >= 0.6 is 0 Å². The van der Waals surface area contributed by atoms with Gasteiger partial charge in [0.15, 0.2) is 0 Å². The predicted octanol–water partition coefficient (Wildman–Crippen LogP) is 2.46. The molecule has 0 spiro atoms. The first-order valence-electron chi connectivity index (χ1n) is 8.69. The number of rotatable bonds is 4. The Morgan fingerprint density at radius 2 is 1.92 bits per heavy atom. The van der Waals surface area contributed by atoms with Crippen molar-refractivity contribution in [1.29, 1.82) is 0 Å². The summed E-state index contributed by atoms with van der Waals surface area (Å²) in [5.74, 6) is 1.56. The summed E-state index contributed by atoms with van der Waals surface area (Å²) in [5.41, 5.74) is 8.16. The van der Waals surface area contributed by atoms with Gasteiger partial charge in [0.2, 0.25) is 0 Å². The monoisotopic (exact) mass is 348 g/mol. The zero-order chi connectivity index (χ0) is 17.9. The lowest BCUT2D eigenvalue weighted by Gasteiger charge is -2.16. The number of aromatic nitrogens is 2. The van der Waals surface area contributed by atoms with Crippen LogP contribution in [0.3, 0.4) is 0 Å². The number of nitrogens with zero attached hydrogens (tertiary/aromatic N) is 5. The maximum atomic E-state index is 12.1. The number of urea groups is 1. The molecular formula is C19H20N6O. The number of carbonyl (C=O) groups is 1. The van der Waals surface area contributed by atoms with Crippen molar-refractivity contribution in [2.75, 3.05) is 29.4 Å². The average Bonchev–Trinajstić information content (AvgIpc) is 3.32. The minimum atomic E-state index is -0.328. The Labute approximate surface area is 151 Å². The largest absolute Gasteiger partial charge is 0.398 e. The molecule has 26 heavy (non-hydrogen) atoms. The molecule has 2 N–H and O–H groups in total. The number of aliphatic imine (C=N–C) groups is 1. The maximum Gasteiger partial charge on any atom is 0.349 e. The van der Waals surface area contributed by atoms with Crippen LogP contribution in [0.15, 0.2) is 53.8 Å². The minimum absolute atomic E-state index is 0.328. The van der Waals surface area contributed by atoms with Crippen LogP contribution in [0.1, 0.15) is 18.4 Å². The first-order valence-corrected chi connectivity index (χ1v) is 8.69. The van der Waals surface area contributed by atoms with Crippen LogP contribution < -0.4 is 15.5 Å². The van der Waals surface area contributed by atoms with Crippen molar-refractivity contribution in [2.24, 2.45) is 10.7 Å². The van der Waals surface area contributed by atoms with E-state index in [9.17, 15) is 4.79 Å². The van der Waals surface area contributed by atoms with Gasteiger partial charge >= 0.3 is 6.03 Å². The van der Waals surface area contributed by atoms with Crippen molar-refractivity contribution in [3.05, 3.63) is 54.4 Å². The van der Waals surface area contributed by atoms with Crippen LogP contribution in [0.2, 0.25) is 0 Å². The van der Waals surface area contributed by atoms with Crippen LogP contribution in [0.5, 0.6) is 0 Å². The van der Waals surface area contributed by atoms with Crippen LogP contribution in [-0.2, 0) is 0 Å². The van der Waals surface area contributed by atoms with Crippen molar-refractivity contribution in [1.82, 2.24) is 9.97 Å². The standard InChI is InChI=1S/C19H20N6O/c20-16(14-6-7-17(22-12-14)24-9-3-4-10-24)11-15-13-25(19(26)23-15)18-5-1-2-8-21-18/h1-2,5-8,11-12H,3-4,9-10,13,20H2. The van der Waals surface area contributed by atoms with E-state index < -0.39 is 0 Å². The number of nitrogens with two attached hydrogens (primary N) is 1. The highest BCUT2D eigenvalue weighted by Gasteiger charge is 2.24. The molecule has 1 saturated heterocycles. The SMILES string of the molecule is NC(=CC1=NC(=O)N(c2ccccn2)C1)c1ccc(N2CCCC2)nc1. The summed E-state index contributed by atoms with van der Waals surface area (Å²) in [7, 11) is 0. The molecule has 2 aromatic heterocycles. The Hall–Kier alpha value is -3.22. The van der Waals surface area contributed by atoms with Gasteiger partial charge in [-0.2, -0.15) is 4.99 Å². The Kier molecular flexibility index (Phi) is 4.35. The number of hydrogen-bond donors (Lipinski definition) is 1. The summed E-state index contributed by atoms with van der Waals surface area (Å²) < 4.78 is 0. The molecule has 4 heterocycles. The molecule has 0 bridgehead atoms. The van der Waals surface area contributed by atoms with Crippen LogP contribution in [0.25, 0.3) is 5.70 Å². The number of carbonyl (C=O) groups excluding carboxylic acids is 1.